The summed E-state index contributed by atoms with van der Waals surface area (Å²) < 4.78 is 4.74. The molecular formula is C10H16N2O3. The van der Waals surface area contributed by atoms with Crippen molar-refractivity contribution in [1.82, 2.24) is 0 Å². The van der Waals surface area contributed by atoms with Crippen molar-refractivity contribution in [2.75, 3.05) is 0 Å². The number of ether oxygens (including phenoxy) is 1. The molecule has 2 fully saturated rings. The van der Waals surface area contributed by atoms with E-state index in [0.717, 1.165) is 12.8 Å². The largest absolute Gasteiger partial charge is 0.390 e. The van der Waals surface area contributed by atoms with Crippen LogP contribution in [0.25, 0.3) is 0 Å². The lowest BCUT2D eigenvalue weighted by atomic mass is 10.00. The molecule has 4 N–H and O–H groups in total. The number of rotatable bonds is 2. The van der Waals surface area contributed by atoms with E-state index < -0.39 is 23.0 Å². The maximum absolute atomic E-state index is 11.6. The third-order valence-electron chi connectivity index (χ3n) is 3.28. The molecule has 0 radical (unpaired) electrons. The molecule has 0 saturated heterocycles. The van der Waals surface area contributed by atoms with Crippen molar-refractivity contribution in [2.45, 2.75) is 49.6 Å². The monoisotopic (exact) mass is 212 g/mol. The molecule has 2 rings (SSSR count). The van der Waals surface area contributed by atoms with Gasteiger partial charge in [-0.3, -0.25) is 0 Å². The van der Waals surface area contributed by atoms with E-state index in [-0.39, 0.29) is 0 Å². The van der Waals surface area contributed by atoms with E-state index in [2.05, 4.69) is 0 Å². The van der Waals surface area contributed by atoms with E-state index >= 15 is 0 Å². The number of hydrogen-bond donors (Lipinski definition) is 2. The Labute approximate surface area is 88.1 Å². The Hall–Kier alpha value is -0.940. The highest BCUT2D eigenvalue weighted by atomic mass is 16.6. The zero-order valence-corrected chi connectivity index (χ0v) is 8.62. The van der Waals surface area contributed by atoms with Crippen LogP contribution in [0.1, 0.15) is 38.5 Å². The molecular weight excluding hydrogens is 196 g/mol. The van der Waals surface area contributed by atoms with E-state index in [4.69, 9.17) is 16.2 Å². The molecule has 5 heteroatoms. The van der Waals surface area contributed by atoms with Crippen LogP contribution in [-0.2, 0) is 14.3 Å². The highest BCUT2D eigenvalue weighted by Crippen LogP contribution is 2.35. The summed E-state index contributed by atoms with van der Waals surface area (Å²) in [6, 6.07) is 0. The Morgan fingerprint density at radius 2 is 1.27 bits per heavy atom. The van der Waals surface area contributed by atoms with Crippen LogP contribution in [-0.4, -0.2) is 23.0 Å². The highest BCUT2D eigenvalue weighted by Gasteiger charge is 2.50. The molecule has 0 spiro atoms. The fourth-order valence-corrected chi connectivity index (χ4v) is 1.84. The molecule has 15 heavy (non-hydrogen) atoms. The lowest BCUT2D eigenvalue weighted by Crippen LogP contribution is -2.49. The van der Waals surface area contributed by atoms with Crippen molar-refractivity contribution in [3.8, 4) is 0 Å². The van der Waals surface area contributed by atoms with Crippen LogP contribution in [0.4, 0.5) is 0 Å². The van der Waals surface area contributed by atoms with E-state index in [0.29, 0.717) is 25.7 Å². The summed E-state index contributed by atoms with van der Waals surface area (Å²) in [5, 5.41) is 0. The quantitative estimate of drug-likeness (QED) is 0.489. The van der Waals surface area contributed by atoms with Gasteiger partial charge in [0.05, 0.1) is 0 Å². The van der Waals surface area contributed by atoms with Gasteiger partial charge in [0.1, 0.15) is 11.1 Å². The van der Waals surface area contributed by atoms with Gasteiger partial charge in [0.15, 0.2) is 0 Å². The zero-order chi connectivity index (χ0) is 11.1. The summed E-state index contributed by atoms with van der Waals surface area (Å²) in [7, 11) is 0. The van der Waals surface area contributed by atoms with Gasteiger partial charge in [-0.2, -0.15) is 0 Å². The van der Waals surface area contributed by atoms with Crippen molar-refractivity contribution in [3.05, 3.63) is 0 Å². The molecule has 0 bridgehead atoms. The first-order chi connectivity index (χ1) is 6.96. The Kier molecular flexibility index (Phi) is 2.31. The third kappa shape index (κ3) is 1.89. The van der Waals surface area contributed by atoms with Crippen molar-refractivity contribution < 1.29 is 14.3 Å². The number of carbonyl (C=O) groups excluding carboxylic acids is 2. The first-order valence-electron chi connectivity index (χ1n) is 5.31. The van der Waals surface area contributed by atoms with Crippen molar-refractivity contribution in [1.29, 1.82) is 0 Å². The average molecular weight is 212 g/mol. The summed E-state index contributed by atoms with van der Waals surface area (Å²) in [5.41, 5.74) is 9.59. The minimum absolute atomic E-state index is 0.594. The molecule has 0 aromatic carbocycles. The molecule has 0 unspecified atom stereocenters. The van der Waals surface area contributed by atoms with Gasteiger partial charge in [-0.15, -0.1) is 0 Å². The predicted molar refractivity (Wildman–Crippen MR) is 52.6 cm³/mol. The van der Waals surface area contributed by atoms with Gasteiger partial charge in [0, 0.05) is 0 Å². The average Bonchev–Trinajstić information content (AvgIpc) is 2.77. The normalized spacial score (nSPS) is 26.0. The zero-order valence-electron chi connectivity index (χ0n) is 8.62. The second kappa shape index (κ2) is 3.28. The van der Waals surface area contributed by atoms with Crippen LogP contribution in [0.5, 0.6) is 0 Å². The van der Waals surface area contributed by atoms with Gasteiger partial charge in [-0.25, -0.2) is 9.59 Å². The van der Waals surface area contributed by atoms with E-state index in [9.17, 15) is 9.59 Å². The topological polar surface area (TPSA) is 95.4 Å². The molecule has 5 nitrogen and oxygen atoms in total. The van der Waals surface area contributed by atoms with Gasteiger partial charge in [0.2, 0.25) is 0 Å². The summed E-state index contributed by atoms with van der Waals surface area (Å²) in [5.74, 6) is -1.23. The minimum atomic E-state index is -0.957. The molecule has 2 aliphatic rings. The lowest BCUT2D eigenvalue weighted by Gasteiger charge is -2.21. The van der Waals surface area contributed by atoms with Gasteiger partial charge in [-0.05, 0) is 25.7 Å². The standard InChI is InChI=1S/C10H16N2O3/c11-9(3-1-2-4-9)7(13)15-8(14)10(12)5-6-10/h1-6,11-12H2. The highest BCUT2D eigenvalue weighted by molar-refractivity contribution is 5.96. The first kappa shape index (κ1) is 10.6. The van der Waals surface area contributed by atoms with E-state index in [1.807, 2.05) is 0 Å². The molecule has 2 aliphatic carbocycles. The van der Waals surface area contributed by atoms with Crippen LogP contribution in [0.2, 0.25) is 0 Å². The van der Waals surface area contributed by atoms with Gasteiger partial charge in [0.25, 0.3) is 0 Å². The summed E-state index contributed by atoms with van der Waals surface area (Å²) in [6.07, 6.45) is 4.20. The van der Waals surface area contributed by atoms with Crippen LogP contribution >= 0.6 is 0 Å². The van der Waals surface area contributed by atoms with Gasteiger partial charge < -0.3 is 16.2 Å². The van der Waals surface area contributed by atoms with E-state index in [1.54, 1.807) is 0 Å². The number of carbonyl (C=O) groups is 2. The van der Waals surface area contributed by atoms with Crippen LogP contribution in [0, 0.1) is 0 Å². The number of nitrogens with two attached hydrogens (primary N) is 2. The molecule has 84 valence electrons. The predicted octanol–water partition coefficient (Wildman–Crippen LogP) is -0.181. The summed E-state index contributed by atoms with van der Waals surface area (Å²) in [4.78, 5) is 23.0. The maximum atomic E-state index is 11.6. The van der Waals surface area contributed by atoms with Gasteiger partial charge in [-0.1, -0.05) is 12.8 Å². The number of esters is 2. The molecule has 0 heterocycles. The molecule has 0 aliphatic heterocycles. The second-order valence-corrected chi connectivity index (χ2v) is 4.70. The summed E-state index contributed by atoms with van der Waals surface area (Å²) in [6.45, 7) is 0. The second-order valence-electron chi connectivity index (χ2n) is 4.70. The fourth-order valence-electron chi connectivity index (χ4n) is 1.84. The molecule has 2 saturated carbocycles. The Morgan fingerprint density at radius 3 is 1.67 bits per heavy atom. The smallest absolute Gasteiger partial charge is 0.333 e. The summed E-state index contributed by atoms with van der Waals surface area (Å²) >= 11 is 0. The molecule has 0 atom stereocenters. The fraction of sp³-hybridized carbons (Fsp3) is 0.800. The Morgan fingerprint density at radius 1 is 0.867 bits per heavy atom. The van der Waals surface area contributed by atoms with Crippen molar-refractivity contribution in [3.63, 3.8) is 0 Å². The minimum Gasteiger partial charge on any atom is -0.390 e. The molecule has 0 amide bonds. The van der Waals surface area contributed by atoms with Crippen LogP contribution in [0.15, 0.2) is 0 Å². The maximum Gasteiger partial charge on any atom is 0.333 e. The lowest BCUT2D eigenvalue weighted by molar-refractivity contribution is -0.165. The number of hydrogen-bond acceptors (Lipinski definition) is 5. The Bertz CT molecular complexity index is 304. The van der Waals surface area contributed by atoms with Crippen molar-refractivity contribution in [2.24, 2.45) is 11.5 Å². The van der Waals surface area contributed by atoms with Gasteiger partial charge >= 0.3 is 11.9 Å². The SMILES string of the molecule is NC1(C(=O)OC(=O)C2(N)CC2)CCCC1. The first-order valence-corrected chi connectivity index (χ1v) is 5.31. The van der Waals surface area contributed by atoms with E-state index in [1.165, 1.54) is 0 Å². The molecule has 0 aromatic heterocycles. The molecule has 0 aromatic rings. The van der Waals surface area contributed by atoms with Crippen LogP contribution in [0.3, 0.4) is 0 Å². The van der Waals surface area contributed by atoms with Crippen LogP contribution < -0.4 is 11.5 Å². The van der Waals surface area contributed by atoms with Crippen molar-refractivity contribution >= 4 is 11.9 Å². The third-order valence-corrected chi connectivity index (χ3v) is 3.28. The Balaban J connectivity index is 1.94.